The fourth-order valence-electron chi connectivity index (χ4n) is 2.49. The molecule has 0 aliphatic heterocycles. The Bertz CT molecular complexity index is 890. The molecule has 0 aliphatic carbocycles. The van der Waals surface area contributed by atoms with Crippen LogP contribution in [-0.2, 0) is 4.74 Å². The summed E-state index contributed by atoms with van der Waals surface area (Å²) in [4.78, 5) is 9.23. The fourth-order valence-corrected chi connectivity index (χ4v) is 2.75. The number of methoxy groups -OCH3 is 2. The molecule has 3 aromatic rings. The van der Waals surface area contributed by atoms with Crippen LogP contribution in [0.5, 0.6) is 5.75 Å². The van der Waals surface area contributed by atoms with Crippen molar-refractivity contribution in [1.82, 2.24) is 9.97 Å². The lowest BCUT2D eigenvalue weighted by molar-refractivity contribution is 0.210. The molecule has 1 heterocycles. The van der Waals surface area contributed by atoms with Crippen molar-refractivity contribution in [2.75, 3.05) is 38.0 Å². The lowest BCUT2D eigenvalue weighted by Crippen LogP contribution is -2.10. The zero-order valence-corrected chi connectivity index (χ0v) is 16.0. The van der Waals surface area contributed by atoms with E-state index in [1.165, 1.54) is 0 Å². The number of hydrogen-bond acceptors (Lipinski definition) is 6. The zero-order valence-electron chi connectivity index (χ0n) is 15.2. The third-order valence-corrected chi connectivity index (χ3v) is 4.09. The number of rotatable bonds is 8. The normalized spacial score (nSPS) is 10.5. The van der Waals surface area contributed by atoms with Gasteiger partial charge < -0.3 is 20.1 Å². The summed E-state index contributed by atoms with van der Waals surface area (Å²) in [5, 5.41) is 7.05. The van der Waals surface area contributed by atoms with E-state index in [1.54, 1.807) is 20.3 Å². The molecular formula is C20H21ClN4O2. The smallest absolute Gasteiger partial charge is 0.163 e. The van der Waals surface area contributed by atoms with Crippen LogP contribution in [0.1, 0.15) is 0 Å². The van der Waals surface area contributed by atoms with Crippen molar-refractivity contribution in [3.8, 4) is 17.1 Å². The highest BCUT2D eigenvalue weighted by atomic mass is 35.5. The van der Waals surface area contributed by atoms with E-state index in [2.05, 4.69) is 20.6 Å². The summed E-state index contributed by atoms with van der Waals surface area (Å²) in [5.74, 6) is 2.62. The van der Waals surface area contributed by atoms with Crippen molar-refractivity contribution in [3.63, 3.8) is 0 Å². The van der Waals surface area contributed by atoms with Crippen molar-refractivity contribution in [1.29, 1.82) is 0 Å². The molecule has 0 aliphatic rings. The number of hydrogen-bond donors (Lipinski definition) is 2. The monoisotopic (exact) mass is 384 g/mol. The molecule has 140 valence electrons. The first-order valence-corrected chi connectivity index (χ1v) is 8.85. The molecule has 0 fully saturated rings. The number of aromatic nitrogens is 2. The molecule has 0 spiro atoms. The third-order valence-electron chi connectivity index (χ3n) is 3.79. The molecule has 6 nitrogen and oxygen atoms in total. The summed E-state index contributed by atoms with van der Waals surface area (Å²) in [6.45, 7) is 1.23. The maximum Gasteiger partial charge on any atom is 0.163 e. The van der Waals surface area contributed by atoms with E-state index >= 15 is 0 Å². The highest BCUT2D eigenvalue weighted by Gasteiger charge is 2.08. The molecule has 0 atom stereocenters. The maximum absolute atomic E-state index is 6.21. The molecule has 1 aromatic heterocycles. The molecule has 3 rings (SSSR count). The second-order valence-electron chi connectivity index (χ2n) is 5.72. The molecule has 0 radical (unpaired) electrons. The van der Waals surface area contributed by atoms with E-state index in [4.69, 9.17) is 21.1 Å². The second kappa shape index (κ2) is 9.21. The molecule has 2 N–H and O–H groups in total. The Kier molecular flexibility index (Phi) is 6.46. The van der Waals surface area contributed by atoms with Gasteiger partial charge in [-0.2, -0.15) is 0 Å². The highest BCUT2D eigenvalue weighted by Crippen LogP contribution is 2.29. The van der Waals surface area contributed by atoms with Gasteiger partial charge in [-0.3, -0.25) is 0 Å². The Morgan fingerprint density at radius 2 is 1.74 bits per heavy atom. The van der Waals surface area contributed by atoms with Crippen molar-refractivity contribution in [3.05, 3.63) is 59.6 Å². The summed E-state index contributed by atoms with van der Waals surface area (Å²) in [5.41, 5.74) is 1.74. The first-order chi connectivity index (χ1) is 13.2. The van der Waals surface area contributed by atoms with Crippen LogP contribution in [-0.4, -0.2) is 37.3 Å². The predicted molar refractivity (Wildman–Crippen MR) is 109 cm³/mol. The summed E-state index contributed by atoms with van der Waals surface area (Å²) >= 11 is 6.21. The molecule has 2 aromatic carbocycles. The quantitative estimate of drug-likeness (QED) is 0.553. The van der Waals surface area contributed by atoms with E-state index in [0.29, 0.717) is 41.4 Å². The molecule has 0 saturated carbocycles. The Morgan fingerprint density at radius 3 is 2.44 bits per heavy atom. The van der Waals surface area contributed by atoms with E-state index in [1.807, 2.05) is 48.5 Å². The first kappa shape index (κ1) is 18.9. The van der Waals surface area contributed by atoms with Crippen molar-refractivity contribution in [2.45, 2.75) is 0 Å². The van der Waals surface area contributed by atoms with Gasteiger partial charge in [-0.1, -0.05) is 41.9 Å². The topological polar surface area (TPSA) is 68.3 Å². The van der Waals surface area contributed by atoms with Gasteiger partial charge in [-0.05, 0) is 18.2 Å². The van der Waals surface area contributed by atoms with Crippen LogP contribution in [0.2, 0.25) is 5.02 Å². The van der Waals surface area contributed by atoms with Crippen LogP contribution in [0.25, 0.3) is 11.4 Å². The molecule has 7 heteroatoms. The molecule has 0 bridgehead atoms. The van der Waals surface area contributed by atoms with Gasteiger partial charge in [0, 0.05) is 31.0 Å². The number of nitrogens with one attached hydrogen (secondary N) is 2. The lowest BCUT2D eigenvalue weighted by Gasteiger charge is -2.12. The minimum Gasteiger partial charge on any atom is -0.495 e. The minimum atomic E-state index is 0.526. The number of anilines is 3. The van der Waals surface area contributed by atoms with Crippen LogP contribution in [0.3, 0.4) is 0 Å². The highest BCUT2D eigenvalue weighted by molar-refractivity contribution is 6.32. The zero-order chi connectivity index (χ0) is 19.1. The van der Waals surface area contributed by atoms with Gasteiger partial charge in [-0.15, -0.1) is 0 Å². The van der Waals surface area contributed by atoms with Crippen molar-refractivity contribution >= 4 is 28.9 Å². The molecule has 0 amide bonds. The summed E-state index contributed by atoms with van der Waals surface area (Å²) in [7, 11) is 3.25. The van der Waals surface area contributed by atoms with Gasteiger partial charge in [-0.25, -0.2) is 9.97 Å². The Morgan fingerprint density at radius 1 is 0.963 bits per heavy atom. The van der Waals surface area contributed by atoms with Gasteiger partial charge in [0.2, 0.25) is 0 Å². The average molecular weight is 385 g/mol. The molecular weight excluding hydrogens is 364 g/mol. The molecule has 0 saturated heterocycles. The lowest BCUT2D eigenvalue weighted by atomic mass is 10.2. The molecule has 0 unspecified atom stereocenters. The van der Waals surface area contributed by atoms with E-state index in [-0.39, 0.29) is 0 Å². The van der Waals surface area contributed by atoms with Crippen LogP contribution in [0, 0.1) is 0 Å². The Labute approximate surface area is 163 Å². The Balaban J connectivity index is 1.90. The van der Waals surface area contributed by atoms with E-state index < -0.39 is 0 Å². The van der Waals surface area contributed by atoms with Gasteiger partial charge in [0.15, 0.2) is 5.82 Å². The predicted octanol–water partition coefficient (Wildman–Crippen LogP) is 4.61. The fraction of sp³-hybridized carbons (Fsp3) is 0.200. The number of nitrogens with zero attached hydrogens (tertiary/aromatic N) is 2. The number of halogens is 1. The second-order valence-corrected chi connectivity index (χ2v) is 6.13. The maximum atomic E-state index is 6.21. The summed E-state index contributed by atoms with van der Waals surface area (Å²) < 4.78 is 10.3. The van der Waals surface area contributed by atoms with E-state index in [0.717, 1.165) is 11.3 Å². The third kappa shape index (κ3) is 5.09. The van der Waals surface area contributed by atoms with Crippen LogP contribution in [0.4, 0.5) is 17.3 Å². The average Bonchev–Trinajstić information content (AvgIpc) is 2.69. The van der Waals surface area contributed by atoms with Crippen molar-refractivity contribution < 1.29 is 9.47 Å². The Hall–Kier alpha value is -2.83. The summed E-state index contributed by atoms with van der Waals surface area (Å²) in [6, 6.07) is 17.2. The van der Waals surface area contributed by atoms with Gasteiger partial charge in [0.05, 0.1) is 18.7 Å². The molecule has 27 heavy (non-hydrogen) atoms. The van der Waals surface area contributed by atoms with E-state index in [9.17, 15) is 0 Å². The standard InChI is InChI=1S/C20H21ClN4O2/c1-26-11-10-22-18-13-19(23-15-8-9-17(27-2)16(21)12-15)25-20(24-18)14-6-4-3-5-7-14/h3-9,12-13H,10-11H2,1-2H3,(H2,22,23,24,25). The van der Waals surface area contributed by atoms with Gasteiger partial charge in [0.1, 0.15) is 17.4 Å². The van der Waals surface area contributed by atoms with Crippen LogP contribution < -0.4 is 15.4 Å². The van der Waals surface area contributed by atoms with Crippen LogP contribution in [0.15, 0.2) is 54.6 Å². The SMILES string of the molecule is COCCNc1cc(Nc2ccc(OC)c(Cl)c2)nc(-c2ccccc2)n1. The summed E-state index contributed by atoms with van der Waals surface area (Å²) in [6.07, 6.45) is 0. The van der Waals surface area contributed by atoms with Crippen LogP contribution >= 0.6 is 11.6 Å². The number of benzene rings is 2. The first-order valence-electron chi connectivity index (χ1n) is 8.47. The largest absolute Gasteiger partial charge is 0.495 e. The minimum absolute atomic E-state index is 0.526. The van der Waals surface area contributed by atoms with Crippen molar-refractivity contribution in [2.24, 2.45) is 0 Å². The number of ether oxygens (including phenoxy) is 2. The van der Waals surface area contributed by atoms with Gasteiger partial charge >= 0.3 is 0 Å². The van der Waals surface area contributed by atoms with Gasteiger partial charge in [0.25, 0.3) is 0 Å².